The summed E-state index contributed by atoms with van der Waals surface area (Å²) in [6.45, 7) is 0. The maximum atomic E-state index is 12.8. The molecule has 1 amide bonds. The summed E-state index contributed by atoms with van der Waals surface area (Å²) in [5.74, 6) is 0. The van der Waals surface area contributed by atoms with Crippen LogP contribution in [0.4, 0.5) is 23.7 Å². The number of aromatic nitrogens is 2. The van der Waals surface area contributed by atoms with Gasteiger partial charge in [0.05, 0.1) is 0 Å². The molecule has 5 nitrogen and oxygen atoms in total. The third-order valence-corrected chi connectivity index (χ3v) is 3.10. The third-order valence-electron chi connectivity index (χ3n) is 2.41. The zero-order valence-electron chi connectivity index (χ0n) is 9.62. The summed E-state index contributed by atoms with van der Waals surface area (Å²) in [4.78, 5) is 10.7. The molecule has 0 spiro atoms. The molecule has 0 aliphatic rings. The lowest BCUT2D eigenvalue weighted by atomic mass is 10.1. The minimum atomic E-state index is -4.75. The van der Waals surface area contributed by atoms with Gasteiger partial charge < -0.3 is 5.11 Å². The fraction of sp³-hybridized carbons (Fsp3) is 0.0909. The molecule has 2 rings (SSSR count). The number of hydrogen-bond acceptors (Lipinski definition) is 2. The van der Waals surface area contributed by atoms with Gasteiger partial charge in [-0.25, -0.2) is 4.79 Å². The number of carbonyl (C=O) groups is 1. The topological polar surface area (TPSA) is 78.0 Å². The number of alkyl halides is 3. The Labute approximate surface area is 118 Å². The average Bonchev–Trinajstić information content (AvgIpc) is 2.72. The number of rotatable bonds is 2. The lowest BCUT2D eigenvalue weighted by Gasteiger charge is -2.08. The summed E-state index contributed by atoms with van der Waals surface area (Å²) in [5.41, 5.74) is -1.67. The van der Waals surface area contributed by atoms with Gasteiger partial charge in [-0.15, -0.1) is 0 Å². The SMILES string of the molecule is O=C(O)Nc1c(-c2ccccc2Br)n[nH]c1C(F)(F)F. The Hall–Kier alpha value is -2.03. The first kappa shape index (κ1) is 14.4. The molecule has 20 heavy (non-hydrogen) atoms. The highest BCUT2D eigenvalue weighted by Gasteiger charge is 2.38. The molecule has 1 aromatic carbocycles. The number of anilines is 1. The number of benzene rings is 1. The Kier molecular flexibility index (Phi) is 3.71. The number of amides is 1. The molecule has 3 N–H and O–H groups in total. The van der Waals surface area contributed by atoms with Gasteiger partial charge in [-0.05, 0) is 6.07 Å². The van der Waals surface area contributed by atoms with Crippen LogP contribution in [0.25, 0.3) is 11.3 Å². The standard InChI is InChI=1S/C11H7BrF3N3O2/c12-6-4-2-1-3-5(6)7-8(16-10(19)20)9(18-17-7)11(13,14)15/h1-4,16H,(H,17,18)(H,19,20). The van der Waals surface area contributed by atoms with E-state index in [0.29, 0.717) is 10.0 Å². The molecule has 9 heteroatoms. The lowest BCUT2D eigenvalue weighted by molar-refractivity contribution is -0.140. The Morgan fingerprint density at radius 2 is 2.00 bits per heavy atom. The van der Waals surface area contributed by atoms with Crippen LogP contribution in [0.15, 0.2) is 28.7 Å². The molecular weight excluding hydrogens is 343 g/mol. The van der Waals surface area contributed by atoms with Gasteiger partial charge in [0.25, 0.3) is 0 Å². The van der Waals surface area contributed by atoms with E-state index in [9.17, 15) is 18.0 Å². The van der Waals surface area contributed by atoms with E-state index in [4.69, 9.17) is 5.11 Å². The van der Waals surface area contributed by atoms with Crippen LogP contribution in [0.2, 0.25) is 0 Å². The number of H-pyrrole nitrogens is 1. The van der Waals surface area contributed by atoms with Gasteiger partial charge in [0.2, 0.25) is 0 Å². The molecule has 106 valence electrons. The molecule has 0 aliphatic heterocycles. The van der Waals surface area contributed by atoms with Crippen molar-refractivity contribution in [2.45, 2.75) is 6.18 Å². The fourth-order valence-electron chi connectivity index (χ4n) is 1.62. The summed E-state index contributed by atoms with van der Waals surface area (Å²) in [6.07, 6.45) is -6.35. The van der Waals surface area contributed by atoms with Crippen molar-refractivity contribution in [2.24, 2.45) is 0 Å². The summed E-state index contributed by atoms with van der Waals surface area (Å²) < 4.78 is 38.9. The second-order valence-electron chi connectivity index (χ2n) is 3.73. The van der Waals surface area contributed by atoms with E-state index < -0.39 is 23.7 Å². The van der Waals surface area contributed by atoms with Crippen molar-refractivity contribution in [1.82, 2.24) is 10.2 Å². The van der Waals surface area contributed by atoms with E-state index in [2.05, 4.69) is 21.0 Å². The van der Waals surface area contributed by atoms with Crippen LogP contribution in [-0.4, -0.2) is 21.4 Å². The first-order chi connectivity index (χ1) is 9.30. The molecule has 0 atom stereocenters. The molecule has 1 aromatic heterocycles. The summed E-state index contributed by atoms with van der Waals surface area (Å²) in [5, 5.41) is 15.8. The molecule has 1 heterocycles. The van der Waals surface area contributed by atoms with Gasteiger partial charge in [0.15, 0.2) is 5.69 Å². The van der Waals surface area contributed by atoms with Crippen molar-refractivity contribution in [2.75, 3.05) is 5.32 Å². The van der Waals surface area contributed by atoms with E-state index in [-0.39, 0.29) is 5.69 Å². The van der Waals surface area contributed by atoms with Crippen molar-refractivity contribution < 1.29 is 23.1 Å². The van der Waals surface area contributed by atoms with Gasteiger partial charge in [-0.2, -0.15) is 18.3 Å². The van der Waals surface area contributed by atoms with Crippen LogP contribution < -0.4 is 5.32 Å². The summed E-state index contributed by atoms with van der Waals surface area (Å²) in [6, 6.07) is 6.41. The van der Waals surface area contributed by atoms with Crippen molar-refractivity contribution in [1.29, 1.82) is 0 Å². The monoisotopic (exact) mass is 349 g/mol. The summed E-state index contributed by atoms with van der Waals surface area (Å²) >= 11 is 3.18. The Bertz CT molecular complexity index is 655. The zero-order valence-corrected chi connectivity index (χ0v) is 11.2. The molecule has 0 bridgehead atoms. The lowest BCUT2D eigenvalue weighted by Crippen LogP contribution is -2.14. The van der Waals surface area contributed by atoms with E-state index in [1.807, 2.05) is 5.10 Å². The van der Waals surface area contributed by atoms with Crippen LogP contribution in [0.1, 0.15) is 5.69 Å². The van der Waals surface area contributed by atoms with Crippen LogP contribution in [0.5, 0.6) is 0 Å². The van der Waals surface area contributed by atoms with Gasteiger partial charge in [0, 0.05) is 10.0 Å². The smallest absolute Gasteiger partial charge is 0.434 e. The maximum absolute atomic E-state index is 12.8. The number of aromatic amines is 1. The average molecular weight is 350 g/mol. The fourth-order valence-corrected chi connectivity index (χ4v) is 2.10. The largest absolute Gasteiger partial charge is 0.465 e. The molecule has 0 fully saturated rings. The highest BCUT2D eigenvalue weighted by Crippen LogP contribution is 2.40. The minimum absolute atomic E-state index is 0.132. The number of hydrogen-bond donors (Lipinski definition) is 3. The first-order valence-electron chi connectivity index (χ1n) is 5.21. The number of carboxylic acid groups (broad SMARTS) is 1. The van der Waals surface area contributed by atoms with Crippen molar-refractivity contribution in [3.63, 3.8) is 0 Å². The molecule has 0 aliphatic carbocycles. The van der Waals surface area contributed by atoms with Gasteiger partial charge in [-0.1, -0.05) is 34.1 Å². The zero-order chi connectivity index (χ0) is 14.9. The van der Waals surface area contributed by atoms with Crippen LogP contribution in [0.3, 0.4) is 0 Å². The quantitative estimate of drug-likeness (QED) is 0.768. The minimum Gasteiger partial charge on any atom is -0.465 e. The Balaban J connectivity index is 2.63. The second-order valence-corrected chi connectivity index (χ2v) is 4.58. The Morgan fingerprint density at radius 1 is 1.35 bits per heavy atom. The van der Waals surface area contributed by atoms with Crippen molar-refractivity contribution in [3.8, 4) is 11.3 Å². The van der Waals surface area contributed by atoms with Gasteiger partial charge >= 0.3 is 12.3 Å². The third kappa shape index (κ3) is 2.77. The highest BCUT2D eigenvalue weighted by molar-refractivity contribution is 9.10. The van der Waals surface area contributed by atoms with Gasteiger partial charge in [0.1, 0.15) is 11.4 Å². The maximum Gasteiger partial charge on any atom is 0.434 e. The number of nitrogens with one attached hydrogen (secondary N) is 2. The number of halogens is 4. The summed E-state index contributed by atoms with van der Waals surface area (Å²) in [7, 11) is 0. The highest BCUT2D eigenvalue weighted by atomic mass is 79.9. The predicted octanol–water partition coefficient (Wildman–Crippen LogP) is 3.95. The van der Waals surface area contributed by atoms with E-state index in [0.717, 1.165) is 0 Å². The van der Waals surface area contributed by atoms with E-state index in [1.165, 1.54) is 6.07 Å². The number of nitrogens with zero attached hydrogens (tertiary/aromatic N) is 1. The molecular formula is C11H7BrF3N3O2. The molecule has 2 aromatic rings. The first-order valence-corrected chi connectivity index (χ1v) is 6.00. The second kappa shape index (κ2) is 5.16. The van der Waals surface area contributed by atoms with Crippen molar-refractivity contribution >= 4 is 27.7 Å². The molecule has 0 saturated heterocycles. The van der Waals surface area contributed by atoms with E-state index in [1.54, 1.807) is 23.5 Å². The van der Waals surface area contributed by atoms with Crippen LogP contribution in [-0.2, 0) is 6.18 Å². The van der Waals surface area contributed by atoms with Crippen molar-refractivity contribution in [3.05, 3.63) is 34.4 Å². The molecule has 0 saturated carbocycles. The van der Waals surface area contributed by atoms with Gasteiger partial charge in [-0.3, -0.25) is 10.4 Å². The molecule has 0 unspecified atom stereocenters. The van der Waals surface area contributed by atoms with Crippen LogP contribution in [0, 0.1) is 0 Å². The normalized spacial score (nSPS) is 11.4. The Morgan fingerprint density at radius 3 is 2.55 bits per heavy atom. The van der Waals surface area contributed by atoms with E-state index >= 15 is 0 Å². The molecule has 0 radical (unpaired) electrons. The predicted molar refractivity (Wildman–Crippen MR) is 68.4 cm³/mol. The van der Waals surface area contributed by atoms with Crippen LogP contribution >= 0.6 is 15.9 Å².